The van der Waals surface area contributed by atoms with Crippen LogP contribution in [0.1, 0.15) is 13.8 Å². The zero-order chi connectivity index (χ0) is 11.3. The van der Waals surface area contributed by atoms with E-state index < -0.39 is 0 Å². The van der Waals surface area contributed by atoms with E-state index in [2.05, 4.69) is 0 Å². The van der Waals surface area contributed by atoms with Crippen LogP contribution in [-0.4, -0.2) is 53.9 Å². The van der Waals surface area contributed by atoms with Gasteiger partial charge in [-0.3, -0.25) is 9.69 Å². The molecule has 0 spiro atoms. The van der Waals surface area contributed by atoms with E-state index in [1.54, 1.807) is 11.9 Å². The number of nitrogens with zero attached hydrogens (tertiary/aromatic N) is 2. The molecule has 0 aliphatic rings. The topological polar surface area (TPSA) is 49.6 Å². The predicted octanol–water partition coefficient (Wildman–Crippen LogP) is 0.0711. The van der Waals surface area contributed by atoms with E-state index in [0.717, 1.165) is 0 Å². The maximum atomic E-state index is 11.6. The molecule has 0 bridgehead atoms. The summed E-state index contributed by atoms with van der Waals surface area (Å²) < 4.78 is 0. The van der Waals surface area contributed by atoms with Gasteiger partial charge in [0.05, 0.1) is 11.5 Å². The van der Waals surface area contributed by atoms with Gasteiger partial charge in [0.15, 0.2) is 0 Å². The van der Waals surface area contributed by atoms with Crippen molar-refractivity contribution >= 4 is 23.1 Å². The van der Waals surface area contributed by atoms with Crippen molar-refractivity contribution in [3.05, 3.63) is 0 Å². The third-order valence-corrected chi connectivity index (χ3v) is 2.13. The Kier molecular flexibility index (Phi) is 5.64. The molecular weight excluding hydrogens is 198 g/mol. The lowest BCUT2D eigenvalue weighted by Crippen LogP contribution is -2.42. The number of rotatable bonds is 5. The number of hydrogen-bond acceptors (Lipinski definition) is 3. The number of carbonyl (C=O) groups excluding carboxylic acids is 1. The van der Waals surface area contributed by atoms with Gasteiger partial charge in [-0.1, -0.05) is 12.2 Å². The van der Waals surface area contributed by atoms with Gasteiger partial charge in [-0.2, -0.15) is 0 Å². The summed E-state index contributed by atoms with van der Waals surface area (Å²) in [5.41, 5.74) is 5.37. The molecule has 0 aromatic rings. The Labute approximate surface area is 91.0 Å². The minimum atomic E-state index is 0.0822. The van der Waals surface area contributed by atoms with E-state index in [9.17, 15) is 4.79 Å². The highest BCUT2D eigenvalue weighted by Gasteiger charge is 2.13. The van der Waals surface area contributed by atoms with Crippen LogP contribution >= 0.6 is 12.2 Å². The maximum absolute atomic E-state index is 11.6. The monoisotopic (exact) mass is 217 g/mol. The number of thiocarbonyl (C=S) groups is 1. The number of carbonyl (C=O) groups is 1. The van der Waals surface area contributed by atoms with Crippen LogP contribution < -0.4 is 5.73 Å². The van der Waals surface area contributed by atoms with E-state index in [-0.39, 0.29) is 11.9 Å². The van der Waals surface area contributed by atoms with Crippen LogP contribution in [0.2, 0.25) is 0 Å². The molecule has 0 aromatic carbocycles. The summed E-state index contributed by atoms with van der Waals surface area (Å²) in [5, 5.41) is 0. The number of likely N-dealkylation sites (N-methyl/N-ethyl adjacent to an activating group) is 2. The van der Waals surface area contributed by atoms with Crippen LogP contribution in [0, 0.1) is 0 Å². The maximum Gasteiger partial charge on any atom is 0.236 e. The fourth-order valence-corrected chi connectivity index (χ4v) is 1.17. The van der Waals surface area contributed by atoms with Gasteiger partial charge in [0, 0.05) is 19.6 Å². The largest absolute Gasteiger partial charge is 0.392 e. The van der Waals surface area contributed by atoms with E-state index in [0.29, 0.717) is 18.1 Å². The lowest BCUT2D eigenvalue weighted by Gasteiger charge is -2.24. The lowest BCUT2D eigenvalue weighted by atomic mass is 10.3. The van der Waals surface area contributed by atoms with Crippen molar-refractivity contribution in [1.82, 2.24) is 9.80 Å². The molecule has 82 valence electrons. The Morgan fingerprint density at radius 1 is 1.36 bits per heavy atom. The summed E-state index contributed by atoms with van der Waals surface area (Å²) in [5.74, 6) is 0.0822. The highest BCUT2D eigenvalue weighted by Crippen LogP contribution is 1.95. The summed E-state index contributed by atoms with van der Waals surface area (Å²) in [4.78, 5) is 15.5. The van der Waals surface area contributed by atoms with E-state index >= 15 is 0 Å². The first kappa shape index (κ1) is 13.3. The van der Waals surface area contributed by atoms with Gasteiger partial charge in [0.25, 0.3) is 0 Å². The highest BCUT2D eigenvalue weighted by molar-refractivity contribution is 7.80. The van der Waals surface area contributed by atoms with Gasteiger partial charge < -0.3 is 10.6 Å². The first-order chi connectivity index (χ1) is 6.34. The van der Waals surface area contributed by atoms with Crippen LogP contribution in [0.15, 0.2) is 0 Å². The van der Waals surface area contributed by atoms with Crippen molar-refractivity contribution in [1.29, 1.82) is 0 Å². The predicted molar refractivity (Wildman–Crippen MR) is 62.2 cm³/mol. The number of amides is 1. The Morgan fingerprint density at radius 2 is 1.86 bits per heavy atom. The summed E-state index contributed by atoms with van der Waals surface area (Å²) in [6.45, 7) is 4.79. The van der Waals surface area contributed by atoms with Crippen LogP contribution in [0.4, 0.5) is 0 Å². The molecule has 0 unspecified atom stereocenters. The number of nitrogens with two attached hydrogens (primary N) is 1. The summed E-state index contributed by atoms with van der Waals surface area (Å²) in [6, 6.07) is 0.223. The average molecular weight is 217 g/mol. The van der Waals surface area contributed by atoms with Gasteiger partial charge in [-0.05, 0) is 20.9 Å². The second-order valence-corrected chi connectivity index (χ2v) is 4.26. The smallest absolute Gasteiger partial charge is 0.236 e. The fourth-order valence-electron chi connectivity index (χ4n) is 0.952. The lowest BCUT2D eigenvalue weighted by molar-refractivity contribution is -0.132. The first-order valence-corrected chi connectivity index (χ1v) is 4.98. The molecule has 0 aliphatic carbocycles. The van der Waals surface area contributed by atoms with Gasteiger partial charge >= 0.3 is 0 Å². The summed E-state index contributed by atoms with van der Waals surface area (Å²) >= 11 is 4.75. The third kappa shape index (κ3) is 5.14. The van der Waals surface area contributed by atoms with Gasteiger partial charge in [0.2, 0.25) is 5.91 Å². The molecule has 0 saturated carbocycles. The Hall–Kier alpha value is -0.680. The van der Waals surface area contributed by atoms with Crippen molar-refractivity contribution in [2.24, 2.45) is 5.73 Å². The van der Waals surface area contributed by atoms with Gasteiger partial charge in [-0.25, -0.2) is 0 Å². The summed E-state index contributed by atoms with van der Waals surface area (Å²) in [6.07, 6.45) is 0. The molecule has 14 heavy (non-hydrogen) atoms. The Bertz CT molecular complexity index is 218. The molecule has 2 N–H and O–H groups in total. The highest BCUT2D eigenvalue weighted by atomic mass is 32.1. The summed E-state index contributed by atoms with van der Waals surface area (Å²) in [7, 11) is 3.62. The molecule has 0 saturated heterocycles. The minimum Gasteiger partial charge on any atom is -0.392 e. The first-order valence-electron chi connectivity index (χ1n) is 4.57. The van der Waals surface area contributed by atoms with Crippen LogP contribution in [0.5, 0.6) is 0 Å². The van der Waals surface area contributed by atoms with E-state index in [1.807, 2.05) is 25.8 Å². The minimum absolute atomic E-state index is 0.0822. The quantitative estimate of drug-likeness (QED) is 0.662. The second-order valence-electron chi connectivity index (χ2n) is 3.74. The second kappa shape index (κ2) is 5.93. The molecule has 1 amide bonds. The van der Waals surface area contributed by atoms with Crippen molar-refractivity contribution in [2.75, 3.05) is 27.2 Å². The molecule has 0 rings (SSSR count). The van der Waals surface area contributed by atoms with Crippen molar-refractivity contribution in [3.8, 4) is 0 Å². The van der Waals surface area contributed by atoms with Crippen molar-refractivity contribution in [2.45, 2.75) is 19.9 Å². The third-order valence-electron chi connectivity index (χ3n) is 2.00. The Balaban J connectivity index is 3.99. The molecule has 0 heterocycles. The molecule has 0 radical (unpaired) electrons. The van der Waals surface area contributed by atoms with Gasteiger partial charge in [0.1, 0.15) is 0 Å². The molecule has 0 aliphatic heterocycles. The van der Waals surface area contributed by atoms with Crippen LogP contribution in [0.3, 0.4) is 0 Å². The van der Waals surface area contributed by atoms with E-state index in [1.165, 1.54) is 0 Å². The molecule has 4 nitrogen and oxygen atoms in total. The van der Waals surface area contributed by atoms with Crippen LogP contribution in [-0.2, 0) is 4.79 Å². The standard InChI is InChI=1S/C9H19N3OS/c1-7(2)12(4)9(13)6-11(3)5-8(10)14/h7H,5-6H2,1-4H3,(H2,10,14). The normalized spacial score (nSPS) is 10.7. The van der Waals surface area contributed by atoms with E-state index in [4.69, 9.17) is 18.0 Å². The zero-order valence-corrected chi connectivity index (χ0v) is 10.1. The number of hydrogen-bond donors (Lipinski definition) is 1. The van der Waals surface area contributed by atoms with Crippen molar-refractivity contribution < 1.29 is 4.79 Å². The molecule has 0 fully saturated rings. The van der Waals surface area contributed by atoms with Crippen molar-refractivity contribution in [3.63, 3.8) is 0 Å². The molecule has 5 heteroatoms. The molecular formula is C9H19N3OS. The van der Waals surface area contributed by atoms with Gasteiger partial charge in [-0.15, -0.1) is 0 Å². The molecule has 0 atom stereocenters. The SMILES string of the molecule is CC(C)N(C)C(=O)CN(C)CC(N)=S. The molecule has 0 aromatic heterocycles. The zero-order valence-electron chi connectivity index (χ0n) is 9.28. The average Bonchev–Trinajstić information content (AvgIpc) is 2.00. The van der Waals surface area contributed by atoms with Crippen LogP contribution in [0.25, 0.3) is 0 Å². The fraction of sp³-hybridized carbons (Fsp3) is 0.778. The Morgan fingerprint density at radius 3 is 2.21 bits per heavy atom.